The number of rotatable bonds is 6. The summed E-state index contributed by atoms with van der Waals surface area (Å²) in [5.41, 5.74) is 0.574. The van der Waals surface area contributed by atoms with Crippen molar-refractivity contribution in [1.82, 2.24) is 14.7 Å². The van der Waals surface area contributed by atoms with Gasteiger partial charge in [-0.2, -0.15) is 0 Å². The zero-order chi connectivity index (χ0) is 23.4. The number of hydrogen-bond donors (Lipinski definition) is 0. The normalized spacial score (nSPS) is 23.4. The summed E-state index contributed by atoms with van der Waals surface area (Å²) < 4.78 is 10.7. The molecule has 0 radical (unpaired) electrons. The first-order chi connectivity index (χ1) is 16.0. The van der Waals surface area contributed by atoms with Crippen molar-refractivity contribution in [3.05, 3.63) is 23.8 Å². The van der Waals surface area contributed by atoms with Crippen LogP contribution in [0.3, 0.4) is 0 Å². The van der Waals surface area contributed by atoms with Crippen LogP contribution in [0.1, 0.15) is 62.2 Å². The van der Waals surface area contributed by atoms with Crippen LogP contribution in [0.15, 0.2) is 18.2 Å². The van der Waals surface area contributed by atoms with Crippen LogP contribution in [-0.4, -0.2) is 85.5 Å². The zero-order valence-corrected chi connectivity index (χ0v) is 20.4. The third-order valence-corrected chi connectivity index (χ3v) is 7.78. The van der Waals surface area contributed by atoms with Crippen LogP contribution in [0.5, 0.6) is 11.5 Å². The van der Waals surface area contributed by atoms with Crippen molar-refractivity contribution in [2.75, 3.05) is 46.9 Å². The van der Waals surface area contributed by atoms with E-state index < -0.39 is 0 Å². The largest absolute Gasteiger partial charge is 0.497 e. The van der Waals surface area contributed by atoms with E-state index in [2.05, 4.69) is 16.7 Å². The van der Waals surface area contributed by atoms with E-state index in [1.807, 2.05) is 4.90 Å². The molecule has 1 aromatic carbocycles. The molecule has 3 fully saturated rings. The van der Waals surface area contributed by atoms with Gasteiger partial charge in [-0.05, 0) is 57.1 Å². The molecule has 2 heterocycles. The highest BCUT2D eigenvalue weighted by Gasteiger charge is 2.40. The number of piperidine rings is 1. The Balaban J connectivity index is 1.45. The molecule has 0 bridgehead atoms. The first kappa shape index (κ1) is 23.9. The van der Waals surface area contributed by atoms with Gasteiger partial charge in [-0.15, -0.1) is 0 Å². The van der Waals surface area contributed by atoms with E-state index in [9.17, 15) is 9.59 Å². The fourth-order valence-corrected chi connectivity index (χ4v) is 5.84. The summed E-state index contributed by atoms with van der Waals surface area (Å²) in [7, 11) is 3.18. The molecule has 2 amide bonds. The van der Waals surface area contributed by atoms with Crippen molar-refractivity contribution in [2.45, 2.75) is 64.0 Å². The van der Waals surface area contributed by atoms with E-state index in [4.69, 9.17) is 9.47 Å². The predicted molar refractivity (Wildman–Crippen MR) is 128 cm³/mol. The van der Waals surface area contributed by atoms with E-state index in [1.54, 1.807) is 32.4 Å². The second kappa shape index (κ2) is 10.8. The van der Waals surface area contributed by atoms with Crippen molar-refractivity contribution in [3.8, 4) is 11.5 Å². The lowest BCUT2D eigenvalue weighted by Crippen LogP contribution is -2.60. The Labute approximate surface area is 198 Å². The van der Waals surface area contributed by atoms with Crippen molar-refractivity contribution in [3.63, 3.8) is 0 Å². The number of carbonyl (C=O) groups is 2. The number of amides is 2. The van der Waals surface area contributed by atoms with Gasteiger partial charge in [0.1, 0.15) is 11.5 Å². The standard InChI is InChI=1S/C26H39N3O4/c1-19-8-6-7-11-29(19)26(31)24(20-9-4-5-10-20)27-12-14-28(15-13-27)25(30)21-16-22(32-2)18-23(17-21)33-3/h16-20,24H,4-15H2,1-3H3/t19-,24+/m0/s1. The van der Waals surface area contributed by atoms with Gasteiger partial charge in [0.2, 0.25) is 5.91 Å². The maximum absolute atomic E-state index is 13.7. The quantitative estimate of drug-likeness (QED) is 0.655. The highest BCUT2D eigenvalue weighted by Crippen LogP contribution is 2.33. The summed E-state index contributed by atoms with van der Waals surface area (Å²) in [6, 6.07) is 5.59. The molecule has 2 saturated heterocycles. The summed E-state index contributed by atoms with van der Waals surface area (Å²) >= 11 is 0. The van der Waals surface area contributed by atoms with Crippen molar-refractivity contribution in [2.24, 2.45) is 5.92 Å². The second-order valence-electron chi connectivity index (χ2n) is 9.80. The molecule has 3 aliphatic rings. The minimum Gasteiger partial charge on any atom is -0.497 e. The van der Waals surface area contributed by atoms with E-state index in [0.717, 1.165) is 45.3 Å². The minimum absolute atomic E-state index is 0.0137. The Morgan fingerprint density at radius 2 is 1.45 bits per heavy atom. The van der Waals surface area contributed by atoms with Gasteiger partial charge in [0, 0.05) is 50.4 Å². The molecule has 0 spiro atoms. The van der Waals surface area contributed by atoms with E-state index >= 15 is 0 Å². The molecule has 1 saturated carbocycles. The molecule has 2 atom stereocenters. The van der Waals surface area contributed by atoms with Crippen LogP contribution < -0.4 is 9.47 Å². The maximum Gasteiger partial charge on any atom is 0.254 e. The van der Waals surface area contributed by atoms with Gasteiger partial charge in [0.05, 0.1) is 20.3 Å². The van der Waals surface area contributed by atoms with Gasteiger partial charge in [0.15, 0.2) is 0 Å². The van der Waals surface area contributed by atoms with Gasteiger partial charge < -0.3 is 19.3 Å². The molecular formula is C26H39N3O4. The van der Waals surface area contributed by atoms with Gasteiger partial charge in [-0.25, -0.2) is 0 Å². The maximum atomic E-state index is 13.7. The van der Waals surface area contributed by atoms with Gasteiger partial charge >= 0.3 is 0 Å². The van der Waals surface area contributed by atoms with Gasteiger partial charge in [-0.1, -0.05) is 12.8 Å². The lowest BCUT2D eigenvalue weighted by molar-refractivity contribution is -0.143. The number of nitrogens with zero attached hydrogens (tertiary/aromatic N) is 3. The fourth-order valence-electron chi connectivity index (χ4n) is 5.84. The number of hydrogen-bond acceptors (Lipinski definition) is 5. The van der Waals surface area contributed by atoms with Crippen molar-refractivity contribution < 1.29 is 19.1 Å². The third kappa shape index (κ3) is 5.29. The first-order valence-electron chi connectivity index (χ1n) is 12.6. The first-order valence-corrected chi connectivity index (χ1v) is 12.6. The lowest BCUT2D eigenvalue weighted by atomic mass is 9.92. The van der Waals surface area contributed by atoms with Gasteiger partial charge in [0.25, 0.3) is 5.91 Å². The molecular weight excluding hydrogens is 418 g/mol. The summed E-state index contributed by atoms with van der Waals surface area (Å²) in [4.78, 5) is 33.4. The second-order valence-corrected chi connectivity index (χ2v) is 9.80. The average Bonchev–Trinajstić information content (AvgIpc) is 3.38. The van der Waals surface area contributed by atoms with Crippen LogP contribution in [0.4, 0.5) is 0 Å². The highest BCUT2D eigenvalue weighted by molar-refractivity contribution is 5.95. The molecule has 0 unspecified atom stereocenters. The smallest absolute Gasteiger partial charge is 0.254 e. The van der Waals surface area contributed by atoms with E-state index in [1.165, 1.54) is 19.3 Å². The topological polar surface area (TPSA) is 62.3 Å². The molecule has 7 nitrogen and oxygen atoms in total. The molecule has 7 heteroatoms. The van der Waals surface area contributed by atoms with Crippen LogP contribution in [-0.2, 0) is 4.79 Å². The summed E-state index contributed by atoms with van der Waals surface area (Å²) in [5.74, 6) is 1.97. The monoisotopic (exact) mass is 457 g/mol. The highest BCUT2D eigenvalue weighted by atomic mass is 16.5. The summed E-state index contributed by atoms with van der Waals surface area (Å²) in [5, 5.41) is 0. The molecule has 1 aromatic rings. The number of benzene rings is 1. The third-order valence-electron chi connectivity index (χ3n) is 7.78. The lowest BCUT2D eigenvalue weighted by Gasteiger charge is -2.44. The van der Waals surface area contributed by atoms with Crippen LogP contribution >= 0.6 is 0 Å². The molecule has 2 aliphatic heterocycles. The SMILES string of the molecule is COc1cc(OC)cc(C(=O)N2CCN([C@@H](C(=O)N3CCCC[C@@H]3C)C3CCCC3)CC2)c1. The van der Waals surface area contributed by atoms with Crippen LogP contribution in [0.2, 0.25) is 0 Å². The zero-order valence-electron chi connectivity index (χ0n) is 20.4. The van der Waals surface area contributed by atoms with E-state index in [0.29, 0.717) is 48.0 Å². The minimum atomic E-state index is -0.0396. The number of methoxy groups -OCH3 is 2. The predicted octanol–water partition coefficient (Wildman–Crippen LogP) is 3.42. The number of likely N-dealkylation sites (tertiary alicyclic amines) is 1. The Kier molecular flexibility index (Phi) is 7.78. The molecule has 182 valence electrons. The molecule has 0 N–H and O–H groups in total. The summed E-state index contributed by atoms with van der Waals surface area (Å²) in [6.45, 7) is 5.82. The average molecular weight is 458 g/mol. The van der Waals surface area contributed by atoms with Crippen LogP contribution in [0.25, 0.3) is 0 Å². The molecule has 33 heavy (non-hydrogen) atoms. The Morgan fingerprint density at radius 3 is 2.03 bits per heavy atom. The number of piperazine rings is 1. The van der Waals surface area contributed by atoms with Crippen LogP contribution in [0, 0.1) is 5.92 Å². The van der Waals surface area contributed by atoms with Gasteiger partial charge in [-0.3, -0.25) is 14.5 Å². The van der Waals surface area contributed by atoms with Crippen molar-refractivity contribution in [1.29, 1.82) is 0 Å². The number of carbonyl (C=O) groups excluding carboxylic acids is 2. The summed E-state index contributed by atoms with van der Waals surface area (Å²) in [6.07, 6.45) is 8.16. The Hall–Kier alpha value is -2.28. The van der Waals surface area contributed by atoms with E-state index in [-0.39, 0.29) is 11.9 Å². The Morgan fingerprint density at radius 1 is 0.848 bits per heavy atom. The Bertz CT molecular complexity index is 809. The molecule has 1 aliphatic carbocycles. The number of ether oxygens (including phenoxy) is 2. The van der Waals surface area contributed by atoms with Crippen molar-refractivity contribution >= 4 is 11.8 Å². The molecule has 0 aromatic heterocycles. The molecule has 4 rings (SSSR count). The fraction of sp³-hybridized carbons (Fsp3) is 0.692.